The maximum Gasteiger partial charge on any atom is 0.191 e. The Kier molecular flexibility index (Phi) is 9.03. The van der Waals surface area contributed by atoms with E-state index < -0.39 is 0 Å². The summed E-state index contributed by atoms with van der Waals surface area (Å²) in [7, 11) is 3.63. The van der Waals surface area contributed by atoms with Crippen molar-refractivity contribution in [2.45, 2.75) is 32.9 Å². The highest BCUT2D eigenvalue weighted by Gasteiger charge is 2.08. The number of nitrogens with one attached hydrogen (secondary N) is 2. The molecule has 1 aromatic carbocycles. The Morgan fingerprint density at radius 1 is 1.25 bits per heavy atom. The molecule has 2 aromatic rings. The number of methoxy groups -OCH3 is 1. The molecule has 1 atom stereocenters. The zero-order valence-electron chi connectivity index (χ0n) is 16.9. The molecule has 154 valence electrons. The number of halogens is 1. The normalized spacial score (nSPS) is 12.7. The summed E-state index contributed by atoms with van der Waals surface area (Å²) in [5.74, 6) is 3.14. The van der Waals surface area contributed by atoms with Crippen LogP contribution < -0.4 is 15.4 Å². The van der Waals surface area contributed by atoms with E-state index >= 15 is 0 Å². The van der Waals surface area contributed by atoms with Gasteiger partial charge in [-0.1, -0.05) is 11.6 Å². The average Bonchev–Trinajstić information content (AvgIpc) is 3.00. The second-order valence-corrected chi connectivity index (χ2v) is 6.86. The molecule has 1 heterocycles. The van der Waals surface area contributed by atoms with E-state index in [-0.39, 0.29) is 6.10 Å². The fourth-order valence-corrected chi connectivity index (χ4v) is 2.49. The molecule has 2 N–H and O–H groups in total. The molecule has 1 aromatic heterocycles. The minimum Gasteiger partial charge on any atom is -0.489 e. The van der Waals surface area contributed by atoms with E-state index in [1.165, 1.54) is 0 Å². The maximum absolute atomic E-state index is 5.91. The van der Waals surface area contributed by atoms with Crippen LogP contribution in [0.25, 0.3) is 0 Å². The van der Waals surface area contributed by atoms with Crippen LogP contribution in [0.5, 0.6) is 5.75 Å². The van der Waals surface area contributed by atoms with Crippen LogP contribution in [0.4, 0.5) is 0 Å². The Morgan fingerprint density at radius 3 is 2.64 bits per heavy atom. The van der Waals surface area contributed by atoms with E-state index in [4.69, 9.17) is 21.1 Å². The van der Waals surface area contributed by atoms with Crippen LogP contribution in [0.15, 0.2) is 29.3 Å². The number of guanidine groups is 1. The molecule has 0 aliphatic rings. The van der Waals surface area contributed by atoms with Crippen LogP contribution in [-0.2, 0) is 18.3 Å². The first-order chi connectivity index (χ1) is 13.5. The molecule has 28 heavy (non-hydrogen) atoms. The highest BCUT2D eigenvalue weighted by Crippen LogP contribution is 2.16. The molecule has 0 aliphatic carbocycles. The number of benzene rings is 1. The third-order valence-electron chi connectivity index (χ3n) is 4.09. The van der Waals surface area contributed by atoms with Crippen molar-refractivity contribution in [3.63, 3.8) is 0 Å². The van der Waals surface area contributed by atoms with Gasteiger partial charge in [-0.15, -0.1) is 10.2 Å². The largest absolute Gasteiger partial charge is 0.489 e. The van der Waals surface area contributed by atoms with Crippen molar-refractivity contribution in [3.05, 3.63) is 40.9 Å². The molecule has 0 spiro atoms. The Labute approximate surface area is 171 Å². The van der Waals surface area contributed by atoms with Crippen molar-refractivity contribution in [2.75, 3.05) is 26.8 Å². The van der Waals surface area contributed by atoms with Crippen molar-refractivity contribution >= 4 is 17.6 Å². The number of aromatic nitrogens is 3. The molecule has 0 radical (unpaired) electrons. The lowest BCUT2D eigenvalue weighted by molar-refractivity contribution is 0.195. The summed E-state index contributed by atoms with van der Waals surface area (Å²) in [5, 5.41) is 15.5. The molecule has 0 aliphatic heterocycles. The Morgan fingerprint density at radius 2 is 2.00 bits per heavy atom. The molecule has 0 saturated heterocycles. The number of nitrogens with zero attached hydrogens (tertiary/aromatic N) is 4. The van der Waals surface area contributed by atoms with Crippen LogP contribution >= 0.6 is 11.6 Å². The van der Waals surface area contributed by atoms with E-state index in [1.807, 2.05) is 49.7 Å². The van der Waals surface area contributed by atoms with Gasteiger partial charge in [0.25, 0.3) is 0 Å². The first-order valence-electron chi connectivity index (χ1n) is 9.27. The predicted octanol–water partition coefficient (Wildman–Crippen LogP) is 2.32. The number of ether oxygens (including phenoxy) is 2. The summed E-state index contributed by atoms with van der Waals surface area (Å²) in [6, 6.07) is 7.33. The van der Waals surface area contributed by atoms with Crippen molar-refractivity contribution in [2.24, 2.45) is 12.0 Å². The lowest BCUT2D eigenvalue weighted by Gasteiger charge is -2.18. The van der Waals surface area contributed by atoms with Gasteiger partial charge in [-0.25, -0.2) is 4.99 Å². The van der Waals surface area contributed by atoms with Gasteiger partial charge in [0, 0.05) is 32.3 Å². The highest BCUT2D eigenvalue weighted by atomic mass is 35.5. The molecular weight excluding hydrogens is 380 g/mol. The summed E-state index contributed by atoms with van der Waals surface area (Å²) < 4.78 is 12.9. The molecule has 1 unspecified atom stereocenters. The van der Waals surface area contributed by atoms with Crippen molar-refractivity contribution < 1.29 is 9.47 Å². The maximum atomic E-state index is 5.91. The molecular formula is C19H29ClN6O2. The smallest absolute Gasteiger partial charge is 0.191 e. The van der Waals surface area contributed by atoms with Gasteiger partial charge in [0.15, 0.2) is 11.8 Å². The predicted molar refractivity (Wildman–Crippen MR) is 111 cm³/mol. The SMILES string of the molecule is COCCCNC(=NCc1nnc(C)n1C)NCC(C)Oc1ccc(Cl)cc1. The molecule has 2 rings (SSSR count). The lowest BCUT2D eigenvalue weighted by Crippen LogP contribution is -2.42. The van der Waals surface area contributed by atoms with Gasteiger partial charge < -0.3 is 24.7 Å². The third kappa shape index (κ3) is 7.36. The molecule has 8 nitrogen and oxygen atoms in total. The summed E-state index contributed by atoms with van der Waals surface area (Å²) in [4.78, 5) is 4.61. The lowest BCUT2D eigenvalue weighted by atomic mass is 10.3. The van der Waals surface area contributed by atoms with Crippen molar-refractivity contribution in [1.82, 2.24) is 25.4 Å². The molecule has 9 heteroatoms. The van der Waals surface area contributed by atoms with Gasteiger partial charge in [0.2, 0.25) is 0 Å². The van der Waals surface area contributed by atoms with E-state index in [2.05, 4.69) is 25.8 Å². The third-order valence-corrected chi connectivity index (χ3v) is 4.34. The summed E-state index contributed by atoms with van der Waals surface area (Å²) in [6.45, 7) is 6.39. The molecule has 0 fully saturated rings. The first kappa shape index (κ1) is 22.0. The van der Waals surface area contributed by atoms with Gasteiger partial charge in [0.05, 0.1) is 6.54 Å². The van der Waals surface area contributed by atoms with Gasteiger partial charge in [0.1, 0.15) is 24.2 Å². The van der Waals surface area contributed by atoms with Crippen LogP contribution in [0.1, 0.15) is 25.0 Å². The minimum atomic E-state index is -0.0516. The second kappa shape index (κ2) is 11.5. The minimum absolute atomic E-state index is 0.0516. The zero-order valence-corrected chi connectivity index (χ0v) is 17.7. The standard InChI is InChI=1S/C19H29ClN6O2/c1-14(28-17-8-6-16(20)7-9-17)12-22-19(21-10-5-11-27-4)23-13-18-25-24-15(2)26(18)3/h6-9,14H,5,10-13H2,1-4H3,(H2,21,22,23). The van der Waals surface area contributed by atoms with Crippen LogP contribution in [-0.4, -0.2) is 53.6 Å². The topological polar surface area (TPSA) is 85.6 Å². The Balaban J connectivity index is 1.90. The monoisotopic (exact) mass is 408 g/mol. The highest BCUT2D eigenvalue weighted by molar-refractivity contribution is 6.30. The second-order valence-electron chi connectivity index (χ2n) is 6.42. The Bertz CT molecular complexity index is 747. The quantitative estimate of drug-likeness (QED) is 0.356. The molecule has 0 amide bonds. The zero-order chi connectivity index (χ0) is 20.4. The van der Waals surface area contributed by atoms with Gasteiger partial charge in [-0.2, -0.15) is 0 Å². The van der Waals surface area contributed by atoms with Crippen LogP contribution in [0, 0.1) is 6.92 Å². The molecule has 0 bridgehead atoms. The van der Waals surface area contributed by atoms with Gasteiger partial charge >= 0.3 is 0 Å². The number of hydrogen-bond donors (Lipinski definition) is 2. The van der Waals surface area contributed by atoms with Crippen molar-refractivity contribution in [3.8, 4) is 5.75 Å². The van der Waals surface area contributed by atoms with Crippen molar-refractivity contribution in [1.29, 1.82) is 0 Å². The number of hydrogen-bond acceptors (Lipinski definition) is 5. The van der Waals surface area contributed by atoms with E-state index in [0.29, 0.717) is 30.7 Å². The average molecular weight is 409 g/mol. The summed E-state index contributed by atoms with van der Waals surface area (Å²) in [6.07, 6.45) is 0.834. The summed E-state index contributed by atoms with van der Waals surface area (Å²) >= 11 is 5.91. The Hall–Kier alpha value is -2.32. The number of aryl methyl sites for hydroxylation is 1. The fourth-order valence-electron chi connectivity index (χ4n) is 2.36. The van der Waals surface area contributed by atoms with E-state index in [0.717, 1.165) is 30.4 Å². The first-order valence-corrected chi connectivity index (χ1v) is 9.65. The summed E-state index contributed by atoms with van der Waals surface area (Å²) in [5.41, 5.74) is 0. The van der Waals surface area contributed by atoms with Crippen LogP contribution in [0.3, 0.4) is 0 Å². The number of rotatable bonds is 10. The van der Waals surface area contributed by atoms with Crippen LogP contribution in [0.2, 0.25) is 5.02 Å². The number of aliphatic imine (C=N–C) groups is 1. The fraction of sp³-hybridized carbons (Fsp3) is 0.526. The van der Waals surface area contributed by atoms with E-state index in [1.54, 1.807) is 7.11 Å². The van der Waals surface area contributed by atoms with Gasteiger partial charge in [-0.05, 0) is 44.5 Å². The molecule has 0 saturated carbocycles. The van der Waals surface area contributed by atoms with E-state index in [9.17, 15) is 0 Å². The van der Waals surface area contributed by atoms with Gasteiger partial charge in [-0.3, -0.25) is 0 Å².